The first kappa shape index (κ1) is 19.2. The summed E-state index contributed by atoms with van der Waals surface area (Å²) in [5.41, 5.74) is 1.96. The largest absolute Gasteiger partial charge is 0.416 e. The van der Waals surface area contributed by atoms with E-state index in [1.165, 1.54) is 33.3 Å². The van der Waals surface area contributed by atoms with Crippen LogP contribution in [-0.4, -0.2) is 30.7 Å². The first-order valence-corrected chi connectivity index (χ1v) is 9.57. The maximum absolute atomic E-state index is 12.8. The van der Waals surface area contributed by atoms with Gasteiger partial charge in [-0.1, -0.05) is 59.8 Å². The van der Waals surface area contributed by atoms with E-state index >= 15 is 0 Å². The second-order valence-corrected chi connectivity index (χ2v) is 7.25. The van der Waals surface area contributed by atoms with E-state index in [2.05, 4.69) is 20.4 Å². The van der Waals surface area contributed by atoms with Crippen molar-refractivity contribution in [2.45, 2.75) is 24.0 Å². The molecule has 0 fully saturated rings. The van der Waals surface area contributed by atoms with Gasteiger partial charge in [0.15, 0.2) is 0 Å². The summed E-state index contributed by atoms with van der Waals surface area (Å²) >= 11 is 1.25. The zero-order chi connectivity index (χ0) is 20.4. The lowest BCUT2D eigenvalue weighted by atomic mass is 10.1. The molecular formula is C19H15F3N6S. The number of hydrogen-bond donors (Lipinski definition) is 0. The third kappa shape index (κ3) is 4.32. The van der Waals surface area contributed by atoms with Gasteiger partial charge in [-0.05, 0) is 24.1 Å². The van der Waals surface area contributed by atoms with E-state index in [9.17, 15) is 13.2 Å². The quantitative estimate of drug-likeness (QED) is 0.357. The number of nitrogens with zero attached hydrogens (tertiary/aromatic N) is 6. The van der Waals surface area contributed by atoms with E-state index in [1.54, 1.807) is 12.3 Å². The van der Waals surface area contributed by atoms with Gasteiger partial charge >= 0.3 is 6.18 Å². The molecule has 148 valence electrons. The van der Waals surface area contributed by atoms with Crippen molar-refractivity contribution in [1.82, 2.24) is 24.5 Å². The minimum Gasteiger partial charge on any atom is -0.184 e. The summed E-state index contributed by atoms with van der Waals surface area (Å²) in [5, 5.41) is 17.2. The van der Waals surface area contributed by atoms with Crippen LogP contribution in [0.1, 0.15) is 22.3 Å². The molecule has 0 unspecified atom stereocenters. The van der Waals surface area contributed by atoms with Crippen LogP contribution in [0.15, 0.2) is 65.1 Å². The highest BCUT2D eigenvalue weighted by atomic mass is 32.2. The molecule has 0 radical (unpaired) electrons. The number of alkyl halides is 3. The van der Waals surface area contributed by atoms with E-state index in [-0.39, 0.29) is 0 Å². The second-order valence-electron chi connectivity index (χ2n) is 6.31. The number of aryl methyl sites for hydroxylation is 1. The van der Waals surface area contributed by atoms with Gasteiger partial charge in [-0.15, -0.1) is 10.2 Å². The molecule has 10 heteroatoms. The molecule has 4 aromatic rings. The molecule has 0 aliphatic rings. The highest BCUT2D eigenvalue weighted by Gasteiger charge is 2.30. The fourth-order valence-corrected chi connectivity index (χ4v) is 3.42. The number of thioether (sulfide) groups is 1. The van der Waals surface area contributed by atoms with Gasteiger partial charge in [0.25, 0.3) is 5.78 Å². The van der Waals surface area contributed by atoms with E-state index in [0.717, 1.165) is 23.3 Å². The molecule has 2 aromatic carbocycles. The van der Waals surface area contributed by atoms with E-state index in [1.807, 2.05) is 31.2 Å². The number of fused-ring (bicyclic) bond motifs is 1. The first-order valence-electron chi connectivity index (χ1n) is 8.59. The fraction of sp³-hybridized carbons (Fsp3) is 0.158. The Morgan fingerprint density at radius 1 is 1.10 bits per heavy atom. The fourth-order valence-electron chi connectivity index (χ4n) is 2.59. The number of hydrogen-bond acceptors (Lipinski definition) is 5. The molecule has 29 heavy (non-hydrogen) atoms. The topological polar surface area (TPSA) is 60.4 Å². The summed E-state index contributed by atoms with van der Waals surface area (Å²) in [5.74, 6) is 0.726. The minimum absolute atomic E-state index is 0.310. The van der Waals surface area contributed by atoms with Gasteiger partial charge in [0.05, 0.1) is 11.8 Å². The molecule has 0 spiro atoms. The third-order valence-corrected chi connectivity index (χ3v) is 5.10. The Morgan fingerprint density at radius 2 is 1.90 bits per heavy atom. The minimum atomic E-state index is -4.36. The highest BCUT2D eigenvalue weighted by Crippen LogP contribution is 2.31. The lowest BCUT2D eigenvalue weighted by Crippen LogP contribution is -2.04. The van der Waals surface area contributed by atoms with Gasteiger partial charge in [0.2, 0.25) is 5.16 Å². The summed E-state index contributed by atoms with van der Waals surface area (Å²) in [7, 11) is 0. The molecule has 6 nitrogen and oxygen atoms in total. The Labute approximate surface area is 168 Å². The van der Waals surface area contributed by atoms with Gasteiger partial charge in [0.1, 0.15) is 6.33 Å². The van der Waals surface area contributed by atoms with Crippen LogP contribution in [0.25, 0.3) is 5.78 Å². The van der Waals surface area contributed by atoms with Crippen LogP contribution < -0.4 is 0 Å². The van der Waals surface area contributed by atoms with Gasteiger partial charge in [-0.3, -0.25) is 0 Å². The molecule has 0 amide bonds. The first-order chi connectivity index (χ1) is 13.9. The lowest BCUT2D eigenvalue weighted by molar-refractivity contribution is -0.137. The Bertz CT molecular complexity index is 1160. The van der Waals surface area contributed by atoms with Gasteiger partial charge in [-0.2, -0.15) is 32.6 Å². The van der Waals surface area contributed by atoms with Crippen molar-refractivity contribution in [1.29, 1.82) is 0 Å². The maximum Gasteiger partial charge on any atom is 0.416 e. The molecule has 2 heterocycles. The van der Waals surface area contributed by atoms with Crippen molar-refractivity contribution in [2.24, 2.45) is 5.10 Å². The predicted molar refractivity (Wildman–Crippen MR) is 104 cm³/mol. The molecule has 2 aromatic heterocycles. The average molecular weight is 416 g/mol. The van der Waals surface area contributed by atoms with Crippen LogP contribution in [-0.2, 0) is 11.9 Å². The van der Waals surface area contributed by atoms with Gasteiger partial charge in [0, 0.05) is 5.75 Å². The van der Waals surface area contributed by atoms with Gasteiger partial charge in [-0.25, -0.2) is 0 Å². The summed E-state index contributed by atoms with van der Waals surface area (Å²) in [6.07, 6.45) is -1.18. The molecule has 0 saturated carbocycles. The smallest absolute Gasteiger partial charge is 0.184 e. The van der Waals surface area contributed by atoms with Crippen LogP contribution in [0.3, 0.4) is 0 Å². The summed E-state index contributed by atoms with van der Waals surface area (Å²) in [4.78, 5) is 0. The Balaban J connectivity index is 1.50. The molecule has 0 atom stereocenters. The van der Waals surface area contributed by atoms with Crippen LogP contribution >= 0.6 is 11.8 Å². The lowest BCUT2D eigenvalue weighted by Gasteiger charge is -2.07. The molecular weight excluding hydrogens is 401 g/mol. The Kier molecular flexibility index (Phi) is 5.10. The molecule has 0 saturated heterocycles. The average Bonchev–Trinajstić information content (AvgIpc) is 3.28. The van der Waals surface area contributed by atoms with E-state index in [4.69, 9.17) is 0 Å². The zero-order valence-corrected chi connectivity index (χ0v) is 16.0. The highest BCUT2D eigenvalue weighted by molar-refractivity contribution is 7.98. The molecule has 0 aliphatic heterocycles. The summed E-state index contributed by atoms with van der Waals surface area (Å²) < 4.78 is 41.5. The van der Waals surface area contributed by atoms with Crippen molar-refractivity contribution >= 4 is 23.8 Å². The van der Waals surface area contributed by atoms with Crippen molar-refractivity contribution in [3.8, 4) is 0 Å². The van der Waals surface area contributed by atoms with Crippen LogP contribution in [0.2, 0.25) is 0 Å². The van der Waals surface area contributed by atoms with Crippen molar-refractivity contribution < 1.29 is 13.2 Å². The monoisotopic (exact) mass is 416 g/mol. The predicted octanol–water partition coefficient (Wildman–Crippen LogP) is 4.43. The molecule has 0 aliphatic carbocycles. The Morgan fingerprint density at radius 3 is 2.66 bits per heavy atom. The van der Waals surface area contributed by atoms with Crippen LogP contribution in [0, 0.1) is 6.92 Å². The van der Waals surface area contributed by atoms with Gasteiger partial charge < -0.3 is 0 Å². The number of rotatable bonds is 5. The number of halogens is 3. The normalized spacial score (nSPS) is 12.3. The summed E-state index contributed by atoms with van der Waals surface area (Å²) in [6.45, 7) is 2.01. The maximum atomic E-state index is 12.8. The molecule has 0 bridgehead atoms. The molecule has 0 N–H and O–H groups in total. The van der Waals surface area contributed by atoms with E-state index < -0.39 is 11.7 Å². The zero-order valence-electron chi connectivity index (χ0n) is 15.2. The van der Waals surface area contributed by atoms with Crippen molar-refractivity contribution in [2.75, 3.05) is 0 Å². The summed E-state index contributed by atoms with van der Waals surface area (Å²) in [6, 6.07) is 13.1. The second kappa shape index (κ2) is 7.70. The van der Waals surface area contributed by atoms with Crippen molar-refractivity contribution in [3.63, 3.8) is 0 Å². The van der Waals surface area contributed by atoms with Crippen LogP contribution in [0.4, 0.5) is 13.2 Å². The number of aromatic nitrogens is 5. The van der Waals surface area contributed by atoms with Crippen molar-refractivity contribution in [3.05, 3.63) is 77.1 Å². The Hall–Kier alpha value is -3.14. The standard InChI is InChI=1S/C19H15F3N6S/c1-13-5-7-14(8-6-13)10-23-27-12-24-28-17(27)25-26-18(28)29-11-15-3-2-4-16(9-15)19(20,21)22/h2-10,12H,11H2,1H3/b23-10+. The van der Waals surface area contributed by atoms with E-state index in [0.29, 0.717) is 22.3 Å². The SMILES string of the molecule is Cc1ccc(/C=N/n2cnn3c(SCc4cccc(C(F)(F)F)c4)nnc23)cc1. The molecule has 4 rings (SSSR count). The number of benzene rings is 2. The third-order valence-electron chi connectivity index (χ3n) is 4.11. The van der Waals surface area contributed by atoms with Crippen LogP contribution in [0.5, 0.6) is 0 Å².